The van der Waals surface area contributed by atoms with Gasteiger partial charge in [-0.25, -0.2) is 0 Å². The van der Waals surface area contributed by atoms with Crippen LogP contribution in [0.1, 0.15) is 46.4 Å². The molecule has 27 heavy (non-hydrogen) atoms. The van der Waals surface area contributed by atoms with E-state index in [1.807, 2.05) is 18.2 Å². The summed E-state index contributed by atoms with van der Waals surface area (Å²) >= 11 is 0. The van der Waals surface area contributed by atoms with Crippen molar-refractivity contribution in [1.82, 2.24) is 15.5 Å². The zero-order valence-corrected chi connectivity index (χ0v) is 15.0. The minimum atomic E-state index is -0.625. The zero-order valence-electron chi connectivity index (χ0n) is 15.0. The van der Waals surface area contributed by atoms with Gasteiger partial charge < -0.3 is 19.7 Å². The highest BCUT2D eigenvalue weighted by Gasteiger charge is 2.27. The van der Waals surface area contributed by atoms with Crippen molar-refractivity contribution in [1.29, 1.82) is 0 Å². The van der Waals surface area contributed by atoms with Crippen molar-refractivity contribution in [2.75, 3.05) is 6.61 Å². The van der Waals surface area contributed by atoms with Crippen molar-refractivity contribution in [3.8, 4) is 17.1 Å². The van der Waals surface area contributed by atoms with Gasteiger partial charge in [-0.1, -0.05) is 29.4 Å². The molecule has 2 N–H and O–H groups in total. The Morgan fingerprint density at radius 1 is 1.30 bits per heavy atom. The van der Waals surface area contributed by atoms with Crippen LogP contribution in [0.3, 0.4) is 0 Å². The van der Waals surface area contributed by atoms with Gasteiger partial charge in [0.1, 0.15) is 12.4 Å². The third-order valence-electron chi connectivity index (χ3n) is 4.52. The van der Waals surface area contributed by atoms with Crippen LogP contribution in [0.2, 0.25) is 0 Å². The summed E-state index contributed by atoms with van der Waals surface area (Å²) in [5, 5.41) is 16.6. The van der Waals surface area contributed by atoms with Crippen molar-refractivity contribution in [2.45, 2.75) is 26.0 Å². The van der Waals surface area contributed by atoms with Crippen molar-refractivity contribution in [3.63, 3.8) is 0 Å². The number of hydrogen-bond donors (Lipinski definition) is 2. The number of carbonyl (C=O) groups is 1. The van der Waals surface area contributed by atoms with Crippen molar-refractivity contribution in [3.05, 3.63) is 65.0 Å². The third-order valence-corrected chi connectivity index (χ3v) is 4.52. The maximum absolute atomic E-state index is 12.6. The summed E-state index contributed by atoms with van der Waals surface area (Å²) in [4.78, 5) is 16.8. The Hall–Kier alpha value is -3.19. The van der Waals surface area contributed by atoms with Crippen LogP contribution in [0.4, 0.5) is 0 Å². The third kappa shape index (κ3) is 3.41. The number of aliphatic hydroxyl groups excluding tert-OH is 1. The summed E-state index contributed by atoms with van der Waals surface area (Å²) in [6.45, 7) is 3.76. The van der Waals surface area contributed by atoms with Gasteiger partial charge in [0.2, 0.25) is 11.7 Å². The number of aliphatic hydroxyl groups is 1. The average Bonchev–Trinajstić information content (AvgIpc) is 3.28. The van der Waals surface area contributed by atoms with Gasteiger partial charge in [0, 0.05) is 23.6 Å². The number of benzene rings is 2. The van der Waals surface area contributed by atoms with Crippen LogP contribution < -0.4 is 10.1 Å². The molecule has 7 heteroatoms. The van der Waals surface area contributed by atoms with E-state index >= 15 is 0 Å². The van der Waals surface area contributed by atoms with Crippen LogP contribution in [-0.2, 0) is 0 Å². The summed E-state index contributed by atoms with van der Waals surface area (Å²) in [6, 6.07) is 12.3. The number of carbonyl (C=O) groups excluding carboxylic acids is 1. The van der Waals surface area contributed by atoms with Gasteiger partial charge in [0.15, 0.2) is 0 Å². The van der Waals surface area contributed by atoms with E-state index in [-0.39, 0.29) is 11.9 Å². The second kappa shape index (κ2) is 6.85. The van der Waals surface area contributed by atoms with Crippen LogP contribution in [-0.4, -0.2) is 27.8 Å². The first kappa shape index (κ1) is 17.2. The van der Waals surface area contributed by atoms with Crippen molar-refractivity contribution < 1.29 is 19.2 Å². The van der Waals surface area contributed by atoms with E-state index in [2.05, 4.69) is 15.5 Å². The first-order valence-corrected chi connectivity index (χ1v) is 8.67. The molecule has 1 amide bonds. The van der Waals surface area contributed by atoms with Crippen molar-refractivity contribution in [2.24, 2.45) is 0 Å². The van der Waals surface area contributed by atoms with Gasteiger partial charge in [-0.15, -0.1) is 0 Å². The highest BCUT2D eigenvalue weighted by molar-refractivity contribution is 5.94. The molecule has 1 aromatic heterocycles. The molecule has 2 aromatic carbocycles. The Kier molecular flexibility index (Phi) is 4.37. The highest BCUT2D eigenvalue weighted by Crippen LogP contribution is 2.35. The Balaban J connectivity index is 1.53. The Morgan fingerprint density at radius 2 is 2.15 bits per heavy atom. The fraction of sp³-hybridized carbons (Fsp3) is 0.250. The number of hydrogen-bond acceptors (Lipinski definition) is 6. The van der Waals surface area contributed by atoms with Gasteiger partial charge in [-0.2, -0.15) is 4.98 Å². The smallest absolute Gasteiger partial charge is 0.251 e. The normalized spacial score (nSPS) is 16.5. The number of rotatable bonds is 4. The van der Waals surface area contributed by atoms with Crippen LogP contribution in [0.5, 0.6) is 5.75 Å². The minimum Gasteiger partial charge on any atom is -0.491 e. The number of aryl methyl sites for hydroxylation is 1. The molecule has 1 unspecified atom stereocenters. The zero-order chi connectivity index (χ0) is 19.0. The van der Waals surface area contributed by atoms with E-state index in [9.17, 15) is 9.90 Å². The molecule has 0 spiro atoms. The predicted molar refractivity (Wildman–Crippen MR) is 97.2 cm³/mol. The van der Waals surface area contributed by atoms with Crippen molar-refractivity contribution >= 4 is 5.91 Å². The lowest BCUT2D eigenvalue weighted by Gasteiger charge is -2.13. The van der Waals surface area contributed by atoms with Crippen LogP contribution in [0.15, 0.2) is 47.0 Å². The Morgan fingerprint density at radius 3 is 2.89 bits per heavy atom. The molecule has 1 aliphatic rings. The van der Waals surface area contributed by atoms with Gasteiger partial charge in [-0.3, -0.25) is 4.79 Å². The van der Waals surface area contributed by atoms with E-state index in [1.54, 1.807) is 38.1 Å². The van der Waals surface area contributed by atoms with E-state index in [0.717, 1.165) is 11.1 Å². The quantitative estimate of drug-likeness (QED) is 0.738. The lowest BCUT2D eigenvalue weighted by atomic mass is 10.0. The molecule has 0 fully saturated rings. The largest absolute Gasteiger partial charge is 0.491 e. The summed E-state index contributed by atoms with van der Waals surface area (Å²) < 4.78 is 10.7. The molecule has 2 atom stereocenters. The molecular formula is C20H19N3O4. The number of fused-ring (bicyclic) bond motifs is 1. The molecule has 0 saturated heterocycles. The van der Waals surface area contributed by atoms with E-state index in [0.29, 0.717) is 35.2 Å². The predicted octanol–water partition coefficient (Wildman–Crippen LogP) is 2.96. The first-order valence-electron chi connectivity index (χ1n) is 8.67. The SMILES string of the molecule is Cc1nc(-c2ccc3c(c2)OCC3NC(=O)c2cccc([C@H](C)O)c2)no1. The fourth-order valence-electron chi connectivity index (χ4n) is 3.07. The summed E-state index contributed by atoms with van der Waals surface area (Å²) in [5.41, 5.74) is 2.90. The lowest BCUT2D eigenvalue weighted by Crippen LogP contribution is -2.29. The van der Waals surface area contributed by atoms with Crippen LogP contribution in [0.25, 0.3) is 11.4 Å². The number of nitrogens with one attached hydrogen (secondary N) is 1. The number of amides is 1. The monoisotopic (exact) mass is 365 g/mol. The molecule has 138 valence electrons. The summed E-state index contributed by atoms with van der Waals surface area (Å²) in [6.07, 6.45) is -0.625. The topological polar surface area (TPSA) is 97.5 Å². The molecule has 0 radical (unpaired) electrons. The first-order chi connectivity index (χ1) is 13.0. The summed E-state index contributed by atoms with van der Waals surface area (Å²) in [7, 11) is 0. The van der Waals surface area contributed by atoms with Crippen LogP contribution >= 0.6 is 0 Å². The standard InChI is InChI=1S/C20H19N3O4/c1-11(24)13-4-3-5-15(8-13)20(25)22-17-10-26-18-9-14(6-7-16(17)18)19-21-12(2)27-23-19/h3-9,11,17,24H,10H2,1-2H3,(H,22,25)/t11-,17?/m0/s1. The Bertz CT molecular complexity index is 996. The molecule has 2 heterocycles. The fourth-order valence-corrected chi connectivity index (χ4v) is 3.07. The number of nitrogens with zero attached hydrogens (tertiary/aromatic N) is 2. The average molecular weight is 365 g/mol. The van der Waals surface area contributed by atoms with Gasteiger partial charge in [0.25, 0.3) is 5.91 Å². The molecule has 0 aliphatic carbocycles. The Labute approximate surface area is 156 Å². The maximum Gasteiger partial charge on any atom is 0.251 e. The van der Waals surface area contributed by atoms with Gasteiger partial charge in [-0.05, 0) is 30.7 Å². The molecule has 0 bridgehead atoms. The second-order valence-electron chi connectivity index (χ2n) is 6.53. The molecule has 3 aromatic rings. The van der Waals surface area contributed by atoms with Crippen LogP contribution in [0, 0.1) is 6.92 Å². The van der Waals surface area contributed by atoms with E-state index in [1.165, 1.54) is 0 Å². The number of aromatic nitrogens is 2. The van der Waals surface area contributed by atoms with Gasteiger partial charge in [0.05, 0.1) is 12.1 Å². The molecule has 4 rings (SSSR count). The molecule has 1 aliphatic heterocycles. The molecule has 0 saturated carbocycles. The summed E-state index contributed by atoms with van der Waals surface area (Å²) in [5.74, 6) is 1.48. The highest BCUT2D eigenvalue weighted by atomic mass is 16.5. The number of ether oxygens (including phenoxy) is 1. The molecular weight excluding hydrogens is 346 g/mol. The second-order valence-corrected chi connectivity index (χ2v) is 6.53. The maximum atomic E-state index is 12.6. The molecule has 7 nitrogen and oxygen atoms in total. The van der Waals surface area contributed by atoms with E-state index < -0.39 is 6.10 Å². The van der Waals surface area contributed by atoms with E-state index in [4.69, 9.17) is 9.26 Å². The lowest BCUT2D eigenvalue weighted by molar-refractivity contribution is 0.0930. The minimum absolute atomic E-state index is 0.211. The van der Waals surface area contributed by atoms with Gasteiger partial charge >= 0.3 is 0 Å².